The van der Waals surface area contributed by atoms with Gasteiger partial charge in [-0.25, -0.2) is 10.8 Å². The zero-order chi connectivity index (χ0) is 24.2. The van der Waals surface area contributed by atoms with Crippen LogP contribution in [0.2, 0.25) is 0 Å². The molecule has 2 aromatic carbocycles. The van der Waals surface area contributed by atoms with Gasteiger partial charge < -0.3 is 22.2 Å². The third-order valence-electron chi connectivity index (χ3n) is 6.82. The van der Waals surface area contributed by atoms with Crippen molar-refractivity contribution in [3.8, 4) is 0 Å². The van der Waals surface area contributed by atoms with Crippen molar-refractivity contribution in [1.82, 2.24) is 20.1 Å². The first-order chi connectivity index (χ1) is 17.1. The molecule has 0 aliphatic heterocycles. The number of nitrogens with one attached hydrogen (secondary N) is 2. The summed E-state index contributed by atoms with van der Waals surface area (Å²) in [6.07, 6.45) is 7.07. The summed E-state index contributed by atoms with van der Waals surface area (Å²) in [5.41, 5.74) is 21.7. The third kappa shape index (κ3) is 4.99. The molecular weight excluding hydrogens is 436 g/mol. The quantitative estimate of drug-likeness (QED) is 0.187. The van der Waals surface area contributed by atoms with Crippen LogP contribution in [-0.2, 0) is 13.0 Å². The lowest BCUT2D eigenvalue weighted by Crippen LogP contribution is -2.23. The molecule has 0 amide bonds. The highest BCUT2D eigenvalue weighted by Gasteiger charge is 2.24. The summed E-state index contributed by atoms with van der Waals surface area (Å²) in [5.74, 6) is 6.42. The minimum absolute atomic E-state index is 0.0129. The molecule has 2 atom stereocenters. The minimum Gasteiger partial charge on any atom is -0.395 e. The Morgan fingerprint density at radius 2 is 1.86 bits per heavy atom. The molecule has 1 aliphatic carbocycles. The van der Waals surface area contributed by atoms with E-state index in [0.29, 0.717) is 29.9 Å². The maximum atomic E-state index is 6.48. The van der Waals surface area contributed by atoms with Crippen LogP contribution in [0.4, 0.5) is 17.3 Å². The number of benzene rings is 2. The van der Waals surface area contributed by atoms with E-state index in [-0.39, 0.29) is 5.92 Å². The van der Waals surface area contributed by atoms with Crippen molar-refractivity contribution in [2.24, 2.45) is 5.84 Å². The SMILES string of the molecule is NNc1nc(N)cc(C(CCNC2CCc3ccccc32)c2cnn(Cc3ccccc3)c2)c1N. The third-order valence-corrected chi connectivity index (χ3v) is 6.82. The fourth-order valence-corrected chi connectivity index (χ4v) is 5.08. The van der Waals surface area contributed by atoms with E-state index in [9.17, 15) is 0 Å². The van der Waals surface area contributed by atoms with Crippen molar-refractivity contribution in [3.05, 3.63) is 101 Å². The fraction of sp³-hybridized carbons (Fsp3) is 0.259. The van der Waals surface area contributed by atoms with E-state index >= 15 is 0 Å². The van der Waals surface area contributed by atoms with E-state index in [1.54, 1.807) is 0 Å². The molecule has 8 N–H and O–H groups in total. The van der Waals surface area contributed by atoms with E-state index in [1.807, 2.05) is 35.1 Å². The topological polar surface area (TPSA) is 133 Å². The van der Waals surface area contributed by atoms with Gasteiger partial charge in [0, 0.05) is 18.2 Å². The Labute approximate surface area is 205 Å². The van der Waals surface area contributed by atoms with E-state index in [1.165, 1.54) is 16.7 Å². The van der Waals surface area contributed by atoms with E-state index < -0.39 is 0 Å². The maximum absolute atomic E-state index is 6.48. The van der Waals surface area contributed by atoms with Gasteiger partial charge in [0.1, 0.15) is 5.82 Å². The number of aryl methyl sites for hydroxylation is 1. The zero-order valence-electron chi connectivity index (χ0n) is 19.7. The van der Waals surface area contributed by atoms with Crippen LogP contribution < -0.4 is 28.1 Å². The summed E-state index contributed by atoms with van der Waals surface area (Å²) < 4.78 is 1.96. The number of hydrogen-bond acceptors (Lipinski definition) is 7. The number of hydrogen-bond donors (Lipinski definition) is 5. The van der Waals surface area contributed by atoms with Gasteiger partial charge in [-0.05, 0) is 59.7 Å². The van der Waals surface area contributed by atoms with Gasteiger partial charge in [0.2, 0.25) is 0 Å². The Morgan fingerprint density at radius 1 is 1.06 bits per heavy atom. The van der Waals surface area contributed by atoms with Gasteiger partial charge in [-0.15, -0.1) is 0 Å². The molecule has 4 aromatic rings. The molecule has 0 saturated carbocycles. The van der Waals surface area contributed by atoms with Crippen molar-refractivity contribution in [1.29, 1.82) is 0 Å². The van der Waals surface area contributed by atoms with Crippen molar-refractivity contribution in [2.75, 3.05) is 23.4 Å². The van der Waals surface area contributed by atoms with E-state index in [2.05, 4.69) is 63.4 Å². The van der Waals surface area contributed by atoms with Crippen molar-refractivity contribution >= 4 is 17.3 Å². The molecule has 1 aliphatic rings. The number of nitrogens with zero attached hydrogens (tertiary/aromatic N) is 3. The maximum Gasteiger partial charge on any atom is 0.165 e. The van der Waals surface area contributed by atoms with Crippen molar-refractivity contribution < 1.29 is 0 Å². The first-order valence-corrected chi connectivity index (χ1v) is 12.0. The molecule has 2 aromatic heterocycles. The van der Waals surface area contributed by atoms with Gasteiger partial charge >= 0.3 is 0 Å². The predicted octanol–water partition coefficient (Wildman–Crippen LogP) is 3.58. The number of nitrogen functional groups attached to an aromatic ring is 3. The predicted molar refractivity (Wildman–Crippen MR) is 141 cm³/mol. The van der Waals surface area contributed by atoms with Gasteiger partial charge in [-0.1, -0.05) is 54.6 Å². The first-order valence-electron chi connectivity index (χ1n) is 12.0. The second kappa shape index (κ2) is 10.2. The number of pyridine rings is 1. The summed E-state index contributed by atoms with van der Waals surface area (Å²) >= 11 is 0. The van der Waals surface area contributed by atoms with Crippen LogP contribution in [-0.4, -0.2) is 21.3 Å². The average Bonchev–Trinajstić information content (AvgIpc) is 3.51. The first kappa shape index (κ1) is 22.9. The smallest absolute Gasteiger partial charge is 0.165 e. The van der Waals surface area contributed by atoms with Gasteiger partial charge in [0.15, 0.2) is 5.82 Å². The lowest BCUT2D eigenvalue weighted by atomic mass is 9.89. The normalized spacial score (nSPS) is 15.6. The highest BCUT2D eigenvalue weighted by atomic mass is 15.3. The highest BCUT2D eigenvalue weighted by Crippen LogP contribution is 2.36. The molecular formula is C27H32N8. The second-order valence-corrected chi connectivity index (χ2v) is 9.09. The standard InChI is InChI=1S/C27H32N8/c28-25-14-23(26(29)27(33-25)34-30)21(12-13-31-24-11-10-19-8-4-5-9-22(19)24)20-15-32-35(17-20)16-18-6-2-1-3-7-18/h1-9,14-15,17,21,24,31H,10-13,16,29-30H2,(H3,28,33,34). The molecule has 2 unspecified atom stereocenters. The number of anilines is 3. The average molecular weight is 469 g/mol. The summed E-state index contributed by atoms with van der Waals surface area (Å²) in [5, 5.41) is 8.40. The zero-order valence-corrected chi connectivity index (χ0v) is 19.7. The fourth-order valence-electron chi connectivity index (χ4n) is 5.08. The van der Waals surface area contributed by atoms with E-state index in [4.69, 9.17) is 17.3 Å². The Morgan fingerprint density at radius 3 is 2.69 bits per heavy atom. The summed E-state index contributed by atoms with van der Waals surface area (Å²) in [7, 11) is 0. The van der Waals surface area contributed by atoms with Crippen LogP contribution in [0.5, 0.6) is 0 Å². The van der Waals surface area contributed by atoms with Crippen LogP contribution >= 0.6 is 0 Å². The molecule has 0 fully saturated rings. The van der Waals surface area contributed by atoms with Gasteiger partial charge in [0.25, 0.3) is 0 Å². The Bertz CT molecular complexity index is 1280. The lowest BCUT2D eigenvalue weighted by molar-refractivity contribution is 0.508. The second-order valence-electron chi connectivity index (χ2n) is 9.09. The Hall–Kier alpha value is -3.88. The number of rotatable bonds is 9. The summed E-state index contributed by atoms with van der Waals surface area (Å²) in [6.45, 7) is 1.52. The van der Waals surface area contributed by atoms with Crippen LogP contribution in [0, 0.1) is 0 Å². The number of aromatic nitrogens is 3. The monoisotopic (exact) mass is 468 g/mol. The van der Waals surface area contributed by atoms with Crippen LogP contribution in [0.25, 0.3) is 0 Å². The van der Waals surface area contributed by atoms with Crippen LogP contribution in [0.1, 0.15) is 52.6 Å². The van der Waals surface area contributed by atoms with Crippen LogP contribution in [0.3, 0.4) is 0 Å². The van der Waals surface area contributed by atoms with Gasteiger partial charge in [0.05, 0.1) is 18.4 Å². The molecule has 180 valence electrons. The summed E-state index contributed by atoms with van der Waals surface area (Å²) in [6, 6.07) is 21.2. The molecule has 0 saturated heterocycles. The Kier molecular flexibility index (Phi) is 6.65. The van der Waals surface area contributed by atoms with Crippen molar-refractivity contribution in [2.45, 2.75) is 37.8 Å². The molecule has 0 bridgehead atoms. The summed E-state index contributed by atoms with van der Waals surface area (Å²) in [4.78, 5) is 4.24. The molecule has 2 heterocycles. The lowest BCUT2D eigenvalue weighted by Gasteiger charge is -2.22. The molecule has 0 radical (unpaired) electrons. The number of hydrazine groups is 1. The molecule has 8 nitrogen and oxygen atoms in total. The van der Waals surface area contributed by atoms with Gasteiger partial charge in [-0.2, -0.15) is 5.10 Å². The van der Waals surface area contributed by atoms with Crippen molar-refractivity contribution in [3.63, 3.8) is 0 Å². The van der Waals surface area contributed by atoms with E-state index in [0.717, 1.165) is 36.9 Å². The van der Waals surface area contributed by atoms with Gasteiger partial charge in [-0.3, -0.25) is 4.68 Å². The minimum atomic E-state index is -0.0129. The largest absolute Gasteiger partial charge is 0.395 e. The molecule has 8 heteroatoms. The highest BCUT2D eigenvalue weighted by molar-refractivity contribution is 5.70. The number of nitrogens with two attached hydrogens (primary N) is 3. The Balaban J connectivity index is 1.39. The molecule has 35 heavy (non-hydrogen) atoms. The molecule has 0 spiro atoms. The molecule has 5 rings (SSSR count). The number of fused-ring (bicyclic) bond motifs is 1. The van der Waals surface area contributed by atoms with Crippen LogP contribution in [0.15, 0.2) is 73.1 Å².